The van der Waals surface area contributed by atoms with Gasteiger partial charge in [-0.1, -0.05) is 24.3 Å². The number of morpholine rings is 1. The van der Waals surface area contributed by atoms with Crippen molar-refractivity contribution in [1.82, 2.24) is 4.90 Å². The molecule has 0 spiro atoms. The number of nitrogens with zero attached hydrogens (tertiary/aromatic N) is 3. The molecule has 1 amide bonds. The maximum Gasteiger partial charge on any atom is 0.266 e. The third-order valence-corrected chi connectivity index (χ3v) is 6.11. The summed E-state index contributed by atoms with van der Waals surface area (Å²) in [6.45, 7) is 8.04. The number of hydrogen-bond donors (Lipinski definition) is 0. The van der Waals surface area contributed by atoms with Crippen LogP contribution in [-0.2, 0) is 9.53 Å². The van der Waals surface area contributed by atoms with E-state index in [1.165, 1.54) is 17.4 Å². The highest BCUT2D eigenvalue weighted by Gasteiger charge is 2.32. The Morgan fingerprint density at radius 3 is 2.59 bits per heavy atom. The van der Waals surface area contributed by atoms with Crippen LogP contribution in [-0.4, -0.2) is 48.8 Å². The molecule has 0 aromatic heterocycles. The number of aryl methyl sites for hydroxylation is 1. The van der Waals surface area contributed by atoms with Crippen LogP contribution in [0.4, 0.5) is 11.4 Å². The van der Waals surface area contributed by atoms with Gasteiger partial charge in [0.2, 0.25) is 0 Å². The van der Waals surface area contributed by atoms with Crippen LogP contribution >= 0.6 is 11.8 Å². The number of thioether (sulfide) groups is 1. The lowest BCUT2D eigenvalue weighted by Gasteiger charge is -2.29. The van der Waals surface area contributed by atoms with Gasteiger partial charge in [-0.25, -0.2) is 4.99 Å². The Morgan fingerprint density at radius 2 is 1.90 bits per heavy atom. The average Bonchev–Trinajstić information content (AvgIpc) is 3.04. The van der Waals surface area contributed by atoms with E-state index in [1.807, 2.05) is 43.3 Å². The molecule has 2 saturated heterocycles. The van der Waals surface area contributed by atoms with Gasteiger partial charge < -0.3 is 9.64 Å². The number of hydrogen-bond acceptors (Lipinski definition) is 5. The molecule has 0 atom stereocenters. The zero-order chi connectivity index (χ0) is 20.2. The van der Waals surface area contributed by atoms with Crippen molar-refractivity contribution in [2.24, 2.45) is 4.99 Å². The van der Waals surface area contributed by atoms with Crippen LogP contribution < -0.4 is 4.90 Å². The summed E-state index contributed by atoms with van der Waals surface area (Å²) in [7, 11) is 0. The molecule has 5 nitrogen and oxygen atoms in total. The largest absolute Gasteiger partial charge is 0.378 e. The van der Waals surface area contributed by atoms with Crippen molar-refractivity contribution in [2.75, 3.05) is 37.7 Å². The summed E-state index contributed by atoms with van der Waals surface area (Å²) in [5.41, 5.74) is 4.29. The van der Waals surface area contributed by atoms with E-state index in [9.17, 15) is 4.79 Å². The highest BCUT2D eigenvalue weighted by Crippen LogP contribution is 2.34. The van der Waals surface area contributed by atoms with Crippen LogP contribution in [0.1, 0.15) is 18.1 Å². The average molecular weight is 408 g/mol. The molecule has 0 radical (unpaired) electrons. The minimum Gasteiger partial charge on any atom is -0.378 e. The van der Waals surface area contributed by atoms with Crippen molar-refractivity contribution >= 4 is 40.3 Å². The summed E-state index contributed by atoms with van der Waals surface area (Å²) in [5.74, 6) is 0.0174. The Labute approximate surface area is 176 Å². The number of aliphatic imine (C=N–C) groups is 1. The Morgan fingerprint density at radius 1 is 1.14 bits per heavy atom. The molecule has 0 aliphatic carbocycles. The summed E-state index contributed by atoms with van der Waals surface area (Å²) in [6.07, 6.45) is 1.99. The lowest BCUT2D eigenvalue weighted by atomic mass is 10.1. The molecular formula is C23H25N3O2S. The molecule has 4 rings (SSSR count). The number of para-hydroxylation sites is 1. The van der Waals surface area contributed by atoms with Crippen LogP contribution in [0.3, 0.4) is 0 Å². The minimum atomic E-state index is 0.0174. The quantitative estimate of drug-likeness (QED) is 0.702. The second-order valence-electron chi connectivity index (χ2n) is 7.03. The second-order valence-corrected chi connectivity index (χ2v) is 8.04. The third kappa shape index (κ3) is 4.38. The van der Waals surface area contributed by atoms with Crippen LogP contribution in [0.2, 0.25) is 0 Å². The van der Waals surface area contributed by atoms with Gasteiger partial charge in [0, 0.05) is 25.3 Å². The first-order valence-electron chi connectivity index (χ1n) is 9.94. The molecule has 2 aliphatic heterocycles. The molecule has 0 saturated carbocycles. The molecule has 0 unspecified atom stereocenters. The lowest BCUT2D eigenvalue weighted by molar-refractivity contribution is -0.122. The van der Waals surface area contributed by atoms with Crippen LogP contribution in [0.5, 0.6) is 0 Å². The number of benzene rings is 2. The first-order chi connectivity index (χ1) is 14.2. The topological polar surface area (TPSA) is 45.1 Å². The molecule has 0 N–H and O–H groups in total. The van der Waals surface area contributed by atoms with E-state index in [0.29, 0.717) is 11.4 Å². The maximum atomic E-state index is 12.9. The molecule has 2 aliphatic rings. The van der Waals surface area contributed by atoms with Gasteiger partial charge in [0.05, 0.1) is 23.8 Å². The van der Waals surface area contributed by atoms with E-state index >= 15 is 0 Å². The monoisotopic (exact) mass is 407 g/mol. The van der Waals surface area contributed by atoms with E-state index in [0.717, 1.165) is 48.3 Å². The maximum absolute atomic E-state index is 12.9. The van der Waals surface area contributed by atoms with Crippen molar-refractivity contribution in [3.05, 3.63) is 64.6 Å². The van der Waals surface area contributed by atoms with E-state index < -0.39 is 0 Å². The Hall–Kier alpha value is -2.57. The smallest absolute Gasteiger partial charge is 0.266 e. The Kier molecular flexibility index (Phi) is 6.02. The molecule has 0 bridgehead atoms. The van der Waals surface area contributed by atoms with E-state index in [1.54, 1.807) is 4.90 Å². The molecule has 2 aromatic carbocycles. The zero-order valence-electron chi connectivity index (χ0n) is 16.8. The van der Waals surface area contributed by atoms with Gasteiger partial charge in [-0.3, -0.25) is 9.69 Å². The fourth-order valence-corrected chi connectivity index (χ4v) is 4.52. The van der Waals surface area contributed by atoms with Crippen molar-refractivity contribution in [2.45, 2.75) is 13.8 Å². The minimum absolute atomic E-state index is 0.0174. The van der Waals surface area contributed by atoms with Crippen LogP contribution in [0.15, 0.2) is 58.4 Å². The summed E-state index contributed by atoms with van der Waals surface area (Å²) in [4.78, 5) is 22.4. The standard InChI is InChI=1S/C23H25N3O2S/c1-3-26-22(27)21(29-23(26)24-19-7-5-4-6-8-19)16-18-9-10-20(15-17(18)2)25-11-13-28-14-12-25/h4-10,15-16H,3,11-14H2,1-2H3/b21-16-,24-23?. The number of rotatable bonds is 4. The SMILES string of the molecule is CCN1C(=O)/C(=C/c2ccc(N3CCOCC3)cc2C)SC1=Nc1ccccc1. The fourth-order valence-electron chi connectivity index (χ4n) is 3.46. The number of anilines is 1. The van der Waals surface area contributed by atoms with E-state index in [2.05, 4.69) is 35.0 Å². The summed E-state index contributed by atoms with van der Waals surface area (Å²) in [5, 5.41) is 0.734. The van der Waals surface area contributed by atoms with Gasteiger partial charge in [-0.15, -0.1) is 0 Å². The number of carbonyl (C=O) groups excluding carboxylic acids is 1. The fraction of sp³-hybridized carbons (Fsp3) is 0.304. The van der Waals surface area contributed by atoms with Crippen molar-refractivity contribution in [3.63, 3.8) is 0 Å². The molecular weight excluding hydrogens is 382 g/mol. The number of amides is 1. The summed E-state index contributed by atoms with van der Waals surface area (Å²) < 4.78 is 5.44. The summed E-state index contributed by atoms with van der Waals surface area (Å²) in [6, 6.07) is 16.2. The molecule has 2 fully saturated rings. The van der Waals surface area contributed by atoms with Crippen molar-refractivity contribution < 1.29 is 9.53 Å². The third-order valence-electron chi connectivity index (χ3n) is 5.10. The van der Waals surface area contributed by atoms with E-state index in [-0.39, 0.29) is 5.91 Å². The van der Waals surface area contributed by atoms with E-state index in [4.69, 9.17) is 4.74 Å². The van der Waals surface area contributed by atoms with Gasteiger partial charge in [0.15, 0.2) is 5.17 Å². The van der Waals surface area contributed by atoms with Gasteiger partial charge >= 0.3 is 0 Å². The molecule has 6 heteroatoms. The summed E-state index contributed by atoms with van der Waals surface area (Å²) >= 11 is 1.44. The van der Waals surface area contributed by atoms with Crippen LogP contribution in [0.25, 0.3) is 6.08 Å². The molecule has 2 heterocycles. The molecule has 2 aromatic rings. The normalized spacial score (nSPS) is 20.1. The predicted molar refractivity (Wildman–Crippen MR) is 121 cm³/mol. The predicted octanol–water partition coefficient (Wildman–Crippen LogP) is 4.46. The number of likely N-dealkylation sites (N-methyl/N-ethyl adjacent to an activating group) is 1. The number of carbonyl (C=O) groups is 1. The Bertz CT molecular complexity index is 950. The van der Waals surface area contributed by atoms with Gasteiger partial charge in [0.1, 0.15) is 0 Å². The molecule has 29 heavy (non-hydrogen) atoms. The number of amidine groups is 1. The lowest BCUT2D eigenvalue weighted by Crippen LogP contribution is -2.36. The first kappa shape index (κ1) is 19.7. The number of ether oxygens (including phenoxy) is 1. The zero-order valence-corrected chi connectivity index (χ0v) is 17.6. The van der Waals surface area contributed by atoms with Gasteiger partial charge in [-0.2, -0.15) is 0 Å². The van der Waals surface area contributed by atoms with Crippen molar-refractivity contribution in [3.8, 4) is 0 Å². The first-order valence-corrected chi connectivity index (χ1v) is 10.8. The van der Waals surface area contributed by atoms with Gasteiger partial charge in [-0.05, 0) is 67.1 Å². The van der Waals surface area contributed by atoms with Gasteiger partial charge in [0.25, 0.3) is 5.91 Å². The highest BCUT2D eigenvalue weighted by atomic mass is 32.2. The second kappa shape index (κ2) is 8.84. The Balaban J connectivity index is 1.59. The van der Waals surface area contributed by atoms with Crippen molar-refractivity contribution in [1.29, 1.82) is 0 Å². The molecule has 150 valence electrons. The highest BCUT2D eigenvalue weighted by molar-refractivity contribution is 8.18. The van der Waals surface area contributed by atoms with Crippen LogP contribution in [0, 0.1) is 6.92 Å².